The van der Waals surface area contributed by atoms with Gasteiger partial charge in [0.1, 0.15) is 5.82 Å². The highest BCUT2D eigenvalue weighted by atomic mass is 32.1. The van der Waals surface area contributed by atoms with Gasteiger partial charge in [0, 0.05) is 19.4 Å². The SMILES string of the molecule is Cn1ccnc1CC(=O)Nc1nc2ccccc2s1. The second kappa shape index (κ2) is 4.81. The van der Waals surface area contributed by atoms with Gasteiger partial charge in [-0.2, -0.15) is 0 Å². The summed E-state index contributed by atoms with van der Waals surface area (Å²) in [6.07, 6.45) is 3.75. The van der Waals surface area contributed by atoms with Crippen LogP contribution in [0, 0.1) is 0 Å². The van der Waals surface area contributed by atoms with E-state index in [2.05, 4.69) is 15.3 Å². The minimum Gasteiger partial charge on any atom is -0.338 e. The highest BCUT2D eigenvalue weighted by molar-refractivity contribution is 7.22. The van der Waals surface area contributed by atoms with Crippen LogP contribution in [0.25, 0.3) is 10.2 Å². The quantitative estimate of drug-likeness (QED) is 0.795. The molecule has 0 aliphatic heterocycles. The third-order valence-electron chi connectivity index (χ3n) is 2.78. The summed E-state index contributed by atoms with van der Waals surface area (Å²) in [5, 5.41) is 3.44. The highest BCUT2D eigenvalue weighted by Gasteiger charge is 2.10. The summed E-state index contributed by atoms with van der Waals surface area (Å²) in [5.74, 6) is 0.631. The summed E-state index contributed by atoms with van der Waals surface area (Å²) < 4.78 is 2.90. The Hall–Kier alpha value is -2.21. The van der Waals surface area contributed by atoms with E-state index in [0.717, 1.165) is 16.0 Å². The first-order chi connectivity index (χ1) is 9.22. The van der Waals surface area contributed by atoms with E-state index in [4.69, 9.17) is 0 Å². The third-order valence-corrected chi connectivity index (χ3v) is 3.73. The molecule has 5 nitrogen and oxygen atoms in total. The third kappa shape index (κ3) is 2.48. The predicted octanol–water partition coefficient (Wildman–Crippen LogP) is 2.21. The number of carbonyl (C=O) groups is 1. The molecule has 0 spiro atoms. The van der Waals surface area contributed by atoms with Gasteiger partial charge < -0.3 is 9.88 Å². The normalized spacial score (nSPS) is 10.8. The fourth-order valence-corrected chi connectivity index (χ4v) is 2.68. The van der Waals surface area contributed by atoms with E-state index in [1.165, 1.54) is 11.3 Å². The van der Waals surface area contributed by atoms with Crippen LogP contribution >= 0.6 is 11.3 Å². The number of carbonyl (C=O) groups excluding carboxylic acids is 1. The molecular formula is C13H12N4OS. The number of imidazole rings is 1. The lowest BCUT2D eigenvalue weighted by Crippen LogP contribution is -2.16. The Balaban J connectivity index is 1.74. The first-order valence-corrected chi connectivity index (χ1v) is 6.65. The molecule has 0 aliphatic carbocycles. The Morgan fingerprint density at radius 3 is 3.00 bits per heavy atom. The number of anilines is 1. The summed E-state index contributed by atoms with van der Waals surface area (Å²) in [5.41, 5.74) is 0.903. The van der Waals surface area contributed by atoms with Crippen LogP contribution in [-0.2, 0) is 18.3 Å². The van der Waals surface area contributed by atoms with Crippen LogP contribution in [-0.4, -0.2) is 20.4 Å². The molecule has 0 aliphatic rings. The molecule has 19 heavy (non-hydrogen) atoms. The number of aryl methyl sites for hydroxylation is 1. The summed E-state index contributed by atoms with van der Waals surface area (Å²) in [6.45, 7) is 0. The standard InChI is InChI=1S/C13H12N4OS/c1-17-7-6-14-11(17)8-12(18)16-13-15-9-4-2-3-5-10(9)19-13/h2-7H,8H2,1H3,(H,15,16,18). The zero-order chi connectivity index (χ0) is 13.2. The number of rotatable bonds is 3. The minimum atomic E-state index is -0.103. The molecule has 3 aromatic rings. The van der Waals surface area contributed by atoms with Gasteiger partial charge >= 0.3 is 0 Å². The van der Waals surface area contributed by atoms with Crippen LogP contribution < -0.4 is 5.32 Å². The molecule has 6 heteroatoms. The number of hydrogen-bond acceptors (Lipinski definition) is 4. The molecule has 2 aromatic heterocycles. The summed E-state index contributed by atoms with van der Waals surface area (Å²) in [4.78, 5) is 20.4. The molecule has 96 valence electrons. The van der Waals surface area contributed by atoms with E-state index in [1.54, 1.807) is 6.20 Å². The smallest absolute Gasteiger partial charge is 0.233 e. The van der Waals surface area contributed by atoms with E-state index >= 15 is 0 Å². The number of thiazole rings is 1. The van der Waals surface area contributed by atoms with Crippen molar-refractivity contribution in [3.8, 4) is 0 Å². The van der Waals surface area contributed by atoms with Crippen molar-refractivity contribution in [2.75, 3.05) is 5.32 Å². The van der Waals surface area contributed by atoms with Crippen molar-refractivity contribution in [2.45, 2.75) is 6.42 Å². The Morgan fingerprint density at radius 2 is 2.26 bits per heavy atom. The van der Waals surface area contributed by atoms with Crippen molar-refractivity contribution in [2.24, 2.45) is 7.05 Å². The number of amides is 1. The zero-order valence-corrected chi connectivity index (χ0v) is 11.1. The number of hydrogen-bond donors (Lipinski definition) is 1. The van der Waals surface area contributed by atoms with Gasteiger partial charge in [-0.15, -0.1) is 0 Å². The van der Waals surface area contributed by atoms with Gasteiger partial charge in [0.05, 0.1) is 16.6 Å². The molecule has 0 bridgehead atoms. The average Bonchev–Trinajstić information content (AvgIpc) is 2.95. The highest BCUT2D eigenvalue weighted by Crippen LogP contribution is 2.25. The predicted molar refractivity (Wildman–Crippen MR) is 75.2 cm³/mol. The Morgan fingerprint density at radius 1 is 1.42 bits per heavy atom. The van der Waals surface area contributed by atoms with Crippen LogP contribution in [0.5, 0.6) is 0 Å². The molecule has 1 N–H and O–H groups in total. The minimum absolute atomic E-state index is 0.103. The molecule has 0 atom stereocenters. The van der Waals surface area contributed by atoms with Crippen LogP contribution in [0.4, 0.5) is 5.13 Å². The lowest BCUT2D eigenvalue weighted by Gasteiger charge is -2.01. The Labute approximate surface area is 113 Å². The number of benzene rings is 1. The Bertz CT molecular complexity index is 698. The van der Waals surface area contributed by atoms with Crippen molar-refractivity contribution in [3.63, 3.8) is 0 Å². The van der Waals surface area contributed by atoms with Crippen LogP contribution in [0.3, 0.4) is 0 Å². The molecule has 0 radical (unpaired) electrons. The topological polar surface area (TPSA) is 59.8 Å². The number of fused-ring (bicyclic) bond motifs is 1. The molecule has 1 amide bonds. The second-order valence-corrected chi connectivity index (χ2v) is 5.20. The van der Waals surface area contributed by atoms with E-state index in [-0.39, 0.29) is 12.3 Å². The molecule has 0 saturated carbocycles. The molecule has 0 saturated heterocycles. The van der Waals surface area contributed by atoms with Crippen molar-refractivity contribution in [1.82, 2.24) is 14.5 Å². The average molecular weight is 272 g/mol. The Kier molecular flexibility index (Phi) is 3.00. The van der Waals surface area contributed by atoms with Crippen LogP contribution in [0.2, 0.25) is 0 Å². The van der Waals surface area contributed by atoms with Gasteiger partial charge in [0.15, 0.2) is 5.13 Å². The number of para-hydroxylation sites is 1. The molecular weight excluding hydrogens is 260 g/mol. The van der Waals surface area contributed by atoms with Crippen molar-refractivity contribution < 1.29 is 4.79 Å². The van der Waals surface area contributed by atoms with Gasteiger partial charge in [-0.05, 0) is 12.1 Å². The van der Waals surface area contributed by atoms with Gasteiger partial charge in [-0.3, -0.25) is 4.79 Å². The molecule has 0 unspecified atom stereocenters. The lowest BCUT2D eigenvalue weighted by molar-refractivity contribution is -0.115. The van der Waals surface area contributed by atoms with E-state index < -0.39 is 0 Å². The lowest BCUT2D eigenvalue weighted by atomic mass is 10.3. The number of aromatic nitrogens is 3. The van der Waals surface area contributed by atoms with Gasteiger partial charge in [-0.25, -0.2) is 9.97 Å². The van der Waals surface area contributed by atoms with Crippen LogP contribution in [0.15, 0.2) is 36.7 Å². The second-order valence-electron chi connectivity index (χ2n) is 4.17. The maximum Gasteiger partial charge on any atom is 0.233 e. The van der Waals surface area contributed by atoms with Gasteiger partial charge in [0.2, 0.25) is 5.91 Å². The summed E-state index contributed by atoms with van der Waals surface area (Å²) in [6, 6.07) is 7.81. The fourth-order valence-electron chi connectivity index (χ4n) is 1.80. The summed E-state index contributed by atoms with van der Waals surface area (Å²) >= 11 is 1.47. The van der Waals surface area contributed by atoms with E-state index in [9.17, 15) is 4.79 Å². The molecule has 3 rings (SSSR count). The maximum absolute atomic E-state index is 11.9. The fraction of sp³-hybridized carbons (Fsp3) is 0.154. The maximum atomic E-state index is 11.9. The largest absolute Gasteiger partial charge is 0.338 e. The van der Waals surface area contributed by atoms with E-state index in [1.807, 2.05) is 42.1 Å². The van der Waals surface area contributed by atoms with Crippen molar-refractivity contribution in [1.29, 1.82) is 0 Å². The molecule has 0 fully saturated rings. The van der Waals surface area contributed by atoms with Gasteiger partial charge in [0.25, 0.3) is 0 Å². The van der Waals surface area contributed by atoms with E-state index in [0.29, 0.717) is 5.13 Å². The zero-order valence-electron chi connectivity index (χ0n) is 10.3. The monoisotopic (exact) mass is 272 g/mol. The van der Waals surface area contributed by atoms with Crippen molar-refractivity contribution in [3.05, 3.63) is 42.5 Å². The summed E-state index contributed by atoms with van der Waals surface area (Å²) in [7, 11) is 1.87. The van der Waals surface area contributed by atoms with Gasteiger partial charge in [-0.1, -0.05) is 23.5 Å². The van der Waals surface area contributed by atoms with Crippen molar-refractivity contribution >= 4 is 32.6 Å². The number of nitrogens with one attached hydrogen (secondary N) is 1. The molecule has 1 aromatic carbocycles. The first-order valence-electron chi connectivity index (χ1n) is 5.84. The first kappa shape index (κ1) is 11.9. The molecule has 2 heterocycles. The van der Waals surface area contributed by atoms with Crippen LogP contribution in [0.1, 0.15) is 5.82 Å². The number of nitrogens with zero attached hydrogens (tertiary/aromatic N) is 3.